The van der Waals surface area contributed by atoms with Crippen LogP contribution >= 0.6 is 0 Å². The zero-order valence-corrected chi connectivity index (χ0v) is 14.3. The molecule has 0 spiro atoms. The number of fused-ring (bicyclic) bond motifs is 1. The number of hydrogen-bond acceptors (Lipinski definition) is 4. The average molecular weight is 354 g/mol. The number of aryl methyl sites for hydroxylation is 1. The Balaban J connectivity index is 1.91. The highest BCUT2D eigenvalue weighted by Gasteiger charge is 2.18. The molecule has 7 heteroatoms. The minimum Gasteiger partial charge on any atom is -0.506 e. The van der Waals surface area contributed by atoms with E-state index in [0.717, 1.165) is 22.2 Å². The molecular weight excluding hydrogens is 336 g/mol. The zero-order valence-electron chi connectivity index (χ0n) is 14.3. The molecule has 1 aromatic heterocycles. The molecule has 0 fully saturated rings. The van der Waals surface area contributed by atoms with Gasteiger partial charge in [-0.05, 0) is 42.8 Å². The van der Waals surface area contributed by atoms with Gasteiger partial charge in [-0.3, -0.25) is 4.79 Å². The predicted octanol–water partition coefficient (Wildman–Crippen LogP) is 3.07. The number of hydrogen-bond donors (Lipinski definition) is 4. The fraction of sp³-hybridized carbons (Fsp3) is 0.158. The van der Waals surface area contributed by atoms with Crippen molar-refractivity contribution in [1.82, 2.24) is 4.98 Å². The second-order valence-corrected chi connectivity index (χ2v) is 5.87. The predicted molar refractivity (Wildman–Crippen MR) is 97.0 cm³/mol. The molecule has 4 N–H and O–H groups in total. The molecule has 134 valence electrons. The van der Waals surface area contributed by atoms with Crippen molar-refractivity contribution in [2.75, 3.05) is 12.4 Å². The van der Waals surface area contributed by atoms with Gasteiger partial charge in [-0.2, -0.15) is 0 Å². The van der Waals surface area contributed by atoms with Crippen LogP contribution in [0.15, 0.2) is 36.4 Å². The van der Waals surface area contributed by atoms with Crippen LogP contribution in [0, 0.1) is 6.92 Å². The van der Waals surface area contributed by atoms with Crippen molar-refractivity contribution in [3.63, 3.8) is 0 Å². The first-order valence-electron chi connectivity index (χ1n) is 7.91. The van der Waals surface area contributed by atoms with Gasteiger partial charge in [0.15, 0.2) is 0 Å². The number of aromatic amines is 1. The lowest BCUT2D eigenvalue weighted by atomic mass is 10.1. The number of aromatic hydroxyl groups is 1. The average Bonchev–Trinajstić information content (AvgIpc) is 2.91. The normalized spacial score (nSPS) is 10.7. The number of phenolic OH excluding ortho intramolecular Hbond substituents is 1. The number of anilines is 1. The molecule has 3 aromatic rings. The third kappa shape index (κ3) is 3.19. The van der Waals surface area contributed by atoms with Crippen LogP contribution in [0.4, 0.5) is 5.69 Å². The van der Waals surface area contributed by atoms with E-state index in [-0.39, 0.29) is 23.4 Å². The van der Waals surface area contributed by atoms with Crippen molar-refractivity contribution in [1.29, 1.82) is 0 Å². The number of H-pyrrole nitrogens is 1. The number of aromatic carboxylic acids is 1. The standard InChI is InChI=1S/C19H18N2O5/c1-10-13(14-8-11(26-2)6-7-15(14)20-10)9-17(23)21-18-12(19(24)25)4-3-5-16(18)22/h3-8,20,22H,9H2,1-2H3,(H,21,23)(H,24,25). The number of amides is 1. The first-order chi connectivity index (χ1) is 12.4. The smallest absolute Gasteiger partial charge is 0.337 e. The van der Waals surface area contributed by atoms with Crippen LogP contribution in [-0.4, -0.2) is 34.2 Å². The van der Waals surface area contributed by atoms with Crippen LogP contribution in [0.5, 0.6) is 11.5 Å². The molecule has 2 aromatic carbocycles. The topological polar surface area (TPSA) is 112 Å². The molecule has 0 saturated carbocycles. The highest BCUT2D eigenvalue weighted by atomic mass is 16.5. The maximum absolute atomic E-state index is 12.5. The number of aromatic nitrogens is 1. The highest BCUT2D eigenvalue weighted by Crippen LogP contribution is 2.29. The largest absolute Gasteiger partial charge is 0.506 e. The molecule has 7 nitrogen and oxygen atoms in total. The molecule has 0 unspecified atom stereocenters. The van der Waals surface area contributed by atoms with Gasteiger partial charge in [-0.1, -0.05) is 6.07 Å². The van der Waals surface area contributed by atoms with Crippen LogP contribution < -0.4 is 10.1 Å². The first kappa shape index (κ1) is 17.3. The molecule has 1 amide bonds. The maximum atomic E-state index is 12.5. The van der Waals surface area contributed by atoms with Crippen LogP contribution in [-0.2, 0) is 11.2 Å². The molecule has 0 aliphatic rings. The fourth-order valence-electron chi connectivity index (χ4n) is 2.91. The Hall–Kier alpha value is -3.48. The second kappa shape index (κ2) is 6.79. The van der Waals surface area contributed by atoms with Gasteiger partial charge in [-0.15, -0.1) is 0 Å². The Morgan fingerprint density at radius 3 is 2.69 bits per heavy atom. The molecule has 0 atom stereocenters. The molecule has 3 rings (SSSR count). The van der Waals surface area contributed by atoms with E-state index in [2.05, 4.69) is 10.3 Å². The van der Waals surface area contributed by atoms with Gasteiger partial charge >= 0.3 is 5.97 Å². The molecule has 0 bridgehead atoms. The van der Waals surface area contributed by atoms with Gasteiger partial charge in [0.05, 0.1) is 24.8 Å². The molecule has 0 aliphatic heterocycles. The number of carbonyl (C=O) groups excluding carboxylic acids is 1. The van der Waals surface area contributed by atoms with Crippen molar-refractivity contribution in [3.05, 3.63) is 53.2 Å². The minimum atomic E-state index is -1.23. The van der Waals surface area contributed by atoms with Gasteiger partial charge in [0.25, 0.3) is 0 Å². The summed E-state index contributed by atoms with van der Waals surface area (Å²) in [7, 11) is 1.57. The summed E-state index contributed by atoms with van der Waals surface area (Å²) in [4.78, 5) is 27.0. The number of ether oxygens (including phenoxy) is 1. The molecule has 0 radical (unpaired) electrons. The number of methoxy groups -OCH3 is 1. The van der Waals surface area contributed by atoms with E-state index in [1.54, 1.807) is 7.11 Å². The lowest BCUT2D eigenvalue weighted by molar-refractivity contribution is -0.115. The van der Waals surface area contributed by atoms with Crippen LogP contribution in [0.25, 0.3) is 10.9 Å². The van der Waals surface area contributed by atoms with Crippen molar-refractivity contribution in [2.45, 2.75) is 13.3 Å². The Labute approximate surface area is 149 Å². The number of carboxylic acids is 1. The summed E-state index contributed by atoms with van der Waals surface area (Å²) >= 11 is 0. The van der Waals surface area contributed by atoms with E-state index in [9.17, 15) is 19.8 Å². The number of rotatable bonds is 5. The quantitative estimate of drug-likeness (QED) is 0.526. The van der Waals surface area contributed by atoms with E-state index in [0.29, 0.717) is 5.75 Å². The summed E-state index contributed by atoms with van der Waals surface area (Å²) in [5, 5.41) is 22.5. The lowest BCUT2D eigenvalue weighted by Crippen LogP contribution is -2.17. The summed E-state index contributed by atoms with van der Waals surface area (Å²) < 4.78 is 5.23. The van der Waals surface area contributed by atoms with Crippen molar-refractivity contribution < 1.29 is 24.5 Å². The first-order valence-corrected chi connectivity index (χ1v) is 7.91. The van der Waals surface area contributed by atoms with E-state index in [1.165, 1.54) is 18.2 Å². The number of nitrogens with one attached hydrogen (secondary N) is 2. The van der Waals surface area contributed by atoms with Gasteiger partial charge < -0.3 is 25.3 Å². The van der Waals surface area contributed by atoms with Crippen molar-refractivity contribution in [3.8, 4) is 11.5 Å². The van der Waals surface area contributed by atoms with Crippen molar-refractivity contribution >= 4 is 28.5 Å². The SMILES string of the molecule is COc1ccc2[nH]c(C)c(CC(=O)Nc3c(O)cccc3C(=O)O)c2c1. The molecule has 0 aliphatic carbocycles. The number of carbonyl (C=O) groups is 2. The summed E-state index contributed by atoms with van der Waals surface area (Å²) in [5.41, 5.74) is 2.21. The summed E-state index contributed by atoms with van der Waals surface area (Å²) in [6, 6.07) is 9.58. The maximum Gasteiger partial charge on any atom is 0.337 e. The summed E-state index contributed by atoms with van der Waals surface area (Å²) in [5.74, 6) is -1.28. The molecule has 26 heavy (non-hydrogen) atoms. The monoisotopic (exact) mass is 354 g/mol. The van der Waals surface area contributed by atoms with Gasteiger partial charge in [-0.25, -0.2) is 4.79 Å². The van der Waals surface area contributed by atoms with E-state index in [4.69, 9.17) is 4.74 Å². The summed E-state index contributed by atoms with van der Waals surface area (Å²) in [6.45, 7) is 1.86. The molecule has 1 heterocycles. The Kier molecular flexibility index (Phi) is 4.53. The third-order valence-electron chi connectivity index (χ3n) is 4.20. The summed E-state index contributed by atoms with van der Waals surface area (Å²) in [6.07, 6.45) is 0.0202. The lowest BCUT2D eigenvalue weighted by Gasteiger charge is -2.10. The van der Waals surface area contributed by atoms with E-state index in [1.807, 2.05) is 25.1 Å². The van der Waals surface area contributed by atoms with Gasteiger partial charge in [0.1, 0.15) is 11.5 Å². The highest BCUT2D eigenvalue weighted by molar-refractivity contribution is 6.03. The van der Waals surface area contributed by atoms with Crippen LogP contribution in [0.1, 0.15) is 21.6 Å². The van der Waals surface area contributed by atoms with E-state index < -0.39 is 11.9 Å². The van der Waals surface area contributed by atoms with Crippen LogP contribution in [0.3, 0.4) is 0 Å². The van der Waals surface area contributed by atoms with E-state index >= 15 is 0 Å². The Bertz CT molecular complexity index is 1010. The molecular formula is C19H18N2O5. The second-order valence-electron chi connectivity index (χ2n) is 5.87. The number of phenols is 1. The fourth-order valence-corrected chi connectivity index (χ4v) is 2.91. The minimum absolute atomic E-state index is 0.0202. The van der Waals surface area contributed by atoms with Crippen molar-refractivity contribution in [2.24, 2.45) is 0 Å². The number of carboxylic acid groups (broad SMARTS) is 1. The Morgan fingerprint density at radius 2 is 2.00 bits per heavy atom. The molecule has 0 saturated heterocycles. The third-order valence-corrected chi connectivity index (χ3v) is 4.20. The Morgan fingerprint density at radius 1 is 1.23 bits per heavy atom. The van der Waals surface area contributed by atoms with Gasteiger partial charge in [0.2, 0.25) is 5.91 Å². The van der Waals surface area contributed by atoms with Crippen LogP contribution in [0.2, 0.25) is 0 Å². The zero-order chi connectivity index (χ0) is 18.8. The van der Waals surface area contributed by atoms with Gasteiger partial charge in [0, 0.05) is 16.6 Å². The number of para-hydroxylation sites is 1. The number of benzene rings is 2.